The topological polar surface area (TPSA) is 125 Å². The number of anilines is 2. The lowest BCUT2D eigenvalue weighted by Crippen LogP contribution is -2.14. The number of fused-ring (bicyclic) bond motifs is 1. The Morgan fingerprint density at radius 3 is 2.67 bits per heavy atom. The van der Waals surface area contributed by atoms with E-state index in [-0.39, 0.29) is 18.3 Å². The SMILES string of the molecule is COc1cc2ncnc(Nc3ccc(OCc4cccc(F)c4)c(Cl)c3)c2cc1-c1ccc(CNCCCCCCC(N)=O)o1. The van der Waals surface area contributed by atoms with Crippen LogP contribution in [-0.4, -0.2) is 29.5 Å². The van der Waals surface area contributed by atoms with E-state index in [1.54, 1.807) is 31.4 Å². The minimum Gasteiger partial charge on any atom is -0.496 e. The standard InChI is InChI=1S/C34H35ClFN5O4/c1-43-32-18-29-26(17-27(32)30-13-11-25(45-30)19-38-14-5-3-2-4-9-33(37)42)34(40-21-39-29)41-24-10-12-31(28(35)16-24)44-20-22-7-6-8-23(36)15-22/h6-8,10-13,15-18,21,38H,2-5,9,14,19-20H2,1H3,(H2,37,42)(H,39,40,41). The van der Waals surface area contributed by atoms with Gasteiger partial charge in [0.25, 0.3) is 0 Å². The molecule has 1 amide bonds. The molecule has 11 heteroatoms. The molecule has 5 rings (SSSR count). The van der Waals surface area contributed by atoms with Crippen LogP contribution in [0, 0.1) is 5.82 Å². The Balaban J connectivity index is 1.25. The van der Waals surface area contributed by atoms with Gasteiger partial charge in [-0.25, -0.2) is 14.4 Å². The average molecular weight is 632 g/mol. The number of methoxy groups -OCH3 is 1. The first-order valence-corrected chi connectivity index (χ1v) is 15.1. The zero-order chi connectivity index (χ0) is 31.6. The van der Waals surface area contributed by atoms with Crippen LogP contribution in [0.4, 0.5) is 15.9 Å². The molecule has 2 aromatic heterocycles. The lowest BCUT2D eigenvalue weighted by Gasteiger charge is -2.13. The summed E-state index contributed by atoms with van der Waals surface area (Å²) in [6.07, 6.45) is 5.80. The Morgan fingerprint density at radius 1 is 1.00 bits per heavy atom. The average Bonchev–Trinajstić information content (AvgIpc) is 3.50. The van der Waals surface area contributed by atoms with Gasteiger partial charge in [0.05, 0.1) is 29.8 Å². The maximum atomic E-state index is 13.5. The number of nitrogens with one attached hydrogen (secondary N) is 2. The number of primary amides is 1. The Labute approximate surface area is 265 Å². The number of benzene rings is 3. The van der Waals surface area contributed by atoms with E-state index < -0.39 is 0 Å². The molecule has 3 aromatic carbocycles. The normalized spacial score (nSPS) is 11.1. The Kier molecular flexibility index (Phi) is 10.8. The molecule has 0 fully saturated rings. The molecular weight excluding hydrogens is 597 g/mol. The van der Waals surface area contributed by atoms with Gasteiger partial charge in [-0.3, -0.25) is 4.79 Å². The molecule has 5 aromatic rings. The van der Waals surface area contributed by atoms with Crippen molar-refractivity contribution in [3.8, 4) is 22.8 Å². The third-order valence-electron chi connectivity index (χ3n) is 7.19. The van der Waals surface area contributed by atoms with Crippen molar-refractivity contribution in [1.82, 2.24) is 15.3 Å². The van der Waals surface area contributed by atoms with Crippen LogP contribution >= 0.6 is 11.6 Å². The van der Waals surface area contributed by atoms with Gasteiger partial charge in [-0.15, -0.1) is 0 Å². The van der Waals surface area contributed by atoms with Crippen LogP contribution in [-0.2, 0) is 17.9 Å². The maximum absolute atomic E-state index is 13.5. The van der Waals surface area contributed by atoms with Crippen molar-refractivity contribution in [2.24, 2.45) is 5.73 Å². The highest BCUT2D eigenvalue weighted by Crippen LogP contribution is 2.37. The van der Waals surface area contributed by atoms with Gasteiger partial charge in [-0.05, 0) is 73.5 Å². The highest BCUT2D eigenvalue weighted by Gasteiger charge is 2.16. The van der Waals surface area contributed by atoms with Gasteiger partial charge in [-0.2, -0.15) is 0 Å². The second-order valence-electron chi connectivity index (χ2n) is 10.6. The molecule has 2 heterocycles. The summed E-state index contributed by atoms with van der Waals surface area (Å²) in [5.74, 6) is 2.59. The van der Waals surface area contributed by atoms with Crippen molar-refractivity contribution in [2.45, 2.75) is 45.3 Å². The molecule has 234 valence electrons. The van der Waals surface area contributed by atoms with Gasteiger partial charge in [0.15, 0.2) is 0 Å². The van der Waals surface area contributed by atoms with Gasteiger partial charge in [0.2, 0.25) is 5.91 Å². The van der Waals surface area contributed by atoms with E-state index in [9.17, 15) is 9.18 Å². The van der Waals surface area contributed by atoms with Crippen LogP contribution in [0.15, 0.2) is 77.5 Å². The number of amides is 1. The fourth-order valence-electron chi connectivity index (χ4n) is 4.90. The van der Waals surface area contributed by atoms with Crippen molar-refractivity contribution in [3.05, 3.63) is 95.2 Å². The molecule has 0 bridgehead atoms. The quantitative estimate of drug-likeness (QED) is 0.0954. The van der Waals surface area contributed by atoms with Crippen molar-refractivity contribution < 1.29 is 23.1 Å². The molecule has 4 N–H and O–H groups in total. The number of aromatic nitrogens is 2. The Morgan fingerprint density at radius 2 is 1.87 bits per heavy atom. The number of rotatable bonds is 16. The molecular formula is C34H35ClFN5O4. The van der Waals surface area contributed by atoms with E-state index in [0.717, 1.165) is 48.9 Å². The fraction of sp³-hybridized carbons (Fsp3) is 0.265. The molecule has 0 radical (unpaired) electrons. The molecule has 0 aliphatic heterocycles. The molecule has 0 spiro atoms. The van der Waals surface area contributed by atoms with E-state index in [1.807, 2.05) is 30.3 Å². The summed E-state index contributed by atoms with van der Waals surface area (Å²) in [4.78, 5) is 19.8. The van der Waals surface area contributed by atoms with Crippen molar-refractivity contribution in [1.29, 1.82) is 0 Å². The number of carbonyl (C=O) groups is 1. The second kappa shape index (κ2) is 15.4. The number of nitrogens with zero attached hydrogens (tertiary/aromatic N) is 2. The predicted octanol–water partition coefficient (Wildman–Crippen LogP) is 7.54. The number of hydrogen-bond acceptors (Lipinski definition) is 8. The van der Waals surface area contributed by atoms with Crippen molar-refractivity contribution in [3.63, 3.8) is 0 Å². The largest absolute Gasteiger partial charge is 0.496 e. The van der Waals surface area contributed by atoms with E-state index in [1.165, 1.54) is 18.5 Å². The molecule has 0 saturated carbocycles. The number of nitrogens with two attached hydrogens (primary N) is 1. The number of hydrogen-bond donors (Lipinski definition) is 3. The summed E-state index contributed by atoms with van der Waals surface area (Å²) >= 11 is 6.52. The van der Waals surface area contributed by atoms with Crippen LogP contribution in [0.3, 0.4) is 0 Å². The van der Waals surface area contributed by atoms with Crippen LogP contribution in [0.25, 0.3) is 22.2 Å². The number of ether oxygens (including phenoxy) is 2. The maximum Gasteiger partial charge on any atom is 0.217 e. The van der Waals surface area contributed by atoms with E-state index in [0.29, 0.717) is 57.8 Å². The molecule has 0 unspecified atom stereocenters. The summed E-state index contributed by atoms with van der Waals surface area (Å²) < 4.78 is 31.2. The van der Waals surface area contributed by atoms with Crippen molar-refractivity contribution in [2.75, 3.05) is 19.0 Å². The Bertz CT molecular complexity index is 1760. The van der Waals surface area contributed by atoms with Crippen LogP contribution in [0.2, 0.25) is 5.02 Å². The Hall–Kier alpha value is -4.67. The summed E-state index contributed by atoms with van der Waals surface area (Å²) in [6, 6.07) is 19.2. The van der Waals surface area contributed by atoms with Gasteiger partial charge >= 0.3 is 0 Å². The molecule has 0 saturated heterocycles. The predicted molar refractivity (Wildman–Crippen MR) is 173 cm³/mol. The molecule has 0 aliphatic carbocycles. The highest BCUT2D eigenvalue weighted by atomic mass is 35.5. The van der Waals surface area contributed by atoms with Crippen LogP contribution in [0.1, 0.15) is 43.4 Å². The first-order valence-electron chi connectivity index (χ1n) is 14.7. The van der Waals surface area contributed by atoms with E-state index in [2.05, 4.69) is 20.6 Å². The number of halogens is 2. The molecule has 0 atom stereocenters. The third kappa shape index (κ3) is 8.71. The number of unbranched alkanes of at least 4 members (excludes halogenated alkanes) is 3. The first-order chi connectivity index (χ1) is 21.9. The third-order valence-corrected chi connectivity index (χ3v) is 7.48. The van der Waals surface area contributed by atoms with E-state index in [4.69, 9.17) is 31.2 Å². The van der Waals surface area contributed by atoms with Crippen LogP contribution in [0.5, 0.6) is 11.5 Å². The second-order valence-corrected chi connectivity index (χ2v) is 11.0. The lowest BCUT2D eigenvalue weighted by atomic mass is 10.1. The first kappa shape index (κ1) is 31.7. The highest BCUT2D eigenvalue weighted by molar-refractivity contribution is 6.32. The minimum absolute atomic E-state index is 0.190. The zero-order valence-electron chi connectivity index (χ0n) is 24.9. The van der Waals surface area contributed by atoms with Gasteiger partial charge in [0, 0.05) is 23.6 Å². The summed E-state index contributed by atoms with van der Waals surface area (Å²) in [7, 11) is 1.61. The molecule has 9 nitrogen and oxygen atoms in total. The summed E-state index contributed by atoms with van der Waals surface area (Å²) in [5, 5.41) is 7.90. The zero-order valence-corrected chi connectivity index (χ0v) is 25.7. The minimum atomic E-state index is -0.318. The smallest absolute Gasteiger partial charge is 0.217 e. The summed E-state index contributed by atoms with van der Waals surface area (Å²) in [5.41, 5.74) is 8.06. The summed E-state index contributed by atoms with van der Waals surface area (Å²) in [6.45, 7) is 1.63. The van der Waals surface area contributed by atoms with Gasteiger partial charge in [-0.1, -0.05) is 36.6 Å². The van der Waals surface area contributed by atoms with Gasteiger partial charge in [0.1, 0.15) is 47.6 Å². The van der Waals surface area contributed by atoms with E-state index >= 15 is 0 Å². The monoisotopic (exact) mass is 631 g/mol. The number of furan rings is 1. The van der Waals surface area contributed by atoms with Gasteiger partial charge < -0.3 is 30.3 Å². The number of carbonyl (C=O) groups excluding carboxylic acids is 1. The van der Waals surface area contributed by atoms with Crippen molar-refractivity contribution >= 4 is 39.9 Å². The fourth-order valence-corrected chi connectivity index (χ4v) is 5.13. The van der Waals surface area contributed by atoms with Crippen LogP contribution < -0.4 is 25.8 Å². The molecule has 0 aliphatic rings. The lowest BCUT2D eigenvalue weighted by molar-refractivity contribution is -0.118. The molecule has 45 heavy (non-hydrogen) atoms.